The number of benzene rings is 2. The first-order valence-corrected chi connectivity index (χ1v) is 6.70. The highest BCUT2D eigenvalue weighted by Crippen LogP contribution is 2.26. The smallest absolute Gasteiger partial charge is 0.141 e. The molecule has 0 bridgehead atoms. The van der Waals surface area contributed by atoms with Crippen LogP contribution in [0, 0.1) is 5.82 Å². The summed E-state index contributed by atoms with van der Waals surface area (Å²) in [6.07, 6.45) is 0.0134. The summed E-state index contributed by atoms with van der Waals surface area (Å²) in [7, 11) is 1.66. The molecule has 0 radical (unpaired) electrons. The van der Waals surface area contributed by atoms with Crippen molar-refractivity contribution in [1.82, 2.24) is 0 Å². The largest absolute Gasteiger partial charge is 0.384 e. The van der Waals surface area contributed by atoms with Crippen molar-refractivity contribution in [3.05, 3.63) is 70.0 Å². The molecule has 0 amide bonds. The topological polar surface area (TPSA) is 29.5 Å². The number of aliphatic hydroxyl groups excluding tert-OH is 1. The van der Waals surface area contributed by atoms with Crippen LogP contribution in [0.1, 0.15) is 22.8 Å². The van der Waals surface area contributed by atoms with E-state index in [9.17, 15) is 9.50 Å². The maximum Gasteiger partial charge on any atom is 0.141 e. The molecule has 1 atom stereocenters. The van der Waals surface area contributed by atoms with E-state index in [1.54, 1.807) is 7.11 Å². The Bertz CT molecular complexity index is 569. The van der Waals surface area contributed by atoms with E-state index in [1.807, 2.05) is 24.3 Å². The minimum absolute atomic E-state index is 0.0123. The van der Waals surface area contributed by atoms with E-state index in [0.717, 1.165) is 17.5 Å². The highest BCUT2D eigenvalue weighted by molar-refractivity contribution is 6.30. The minimum Gasteiger partial charge on any atom is -0.384 e. The van der Waals surface area contributed by atoms with Crippen LogP contribution in [0.3, 0.4) is 0 Å². The molecule has 2 nitrogen and oxygen atoms in total. The fraction of sp³-hybridized carbons (Fsp3) is 0.250. The lowest BCUT2D eigenvalue weighted by molar-refractivity contribution is 0.202. The lowest BCUT2D eigenvalue weighted by atomic mass is 10.00. The molecular formula is C16H16ClFO2. The molecule has 106 valence electrons. The molecule has 2 rings (SSSR count). The number of hydrogen-bond acceptors (Lipinski definition) is 2. The third-order valence-corrected chi connectivity index (χ3v) is 3.44. The molecule has 0 fully saturated rings. The third-order valence-electron chi connectivity index (χ3n) is 3.15. The third kappa shape index (κ3) is 3.57. The minimum atomic E-state index is -0.815. The van der Waals surface area contributed by atoms with E-state index in [1.165, 1.54) is 18.2 Å². The van der Waals surface area contributed by atoms with Crippen LogP contribution >= 0.6 is 11.6 Å². The van der Waals surface area contributed by atoms with Crippen molar-refractivity contribution in [1.29, 1.82) is 0 Å². The molecule has 0 saturated carbocycles. The maximum atomic E-state index is 13.1. The van der Waals surface area contributed by atoms with Gasteiger partial charge in [-0.15, -0.1) is 0 Å². The molecule has 0 heterocycles. The van der Waals surface area contributed by atoms with Gasteiger partial charge in [0.2, 0.25) is 0 Å². The molecule has 2 aromatic rings. The highest BCUT2D eigenvalue weighted by Gasteiger charge is 2.12. The van der Waals surface area contributed by atoms with Crippen molar-refractivity contribution < 1.29 is 14.2 Å². The first kappa shape index (κ1) is 15.0. The second kappa shape index (κ2) is 6.84. The molecule has 1 unspecified atom stereocenters. The number of aliphatic hydroxyl groups is 1. The van der Waals surface area contributed by atoms with Crippen LogP contribution in [-0.2, 0) is 11.2 Å². The van der Waals surface area contributed by atoms with Gasteiger partial charge in [-0.2, -0.15) is 0 Å². The molecule has 0 aliphatic rings. The molecule has 0 aliphatic heterocycles. The molecule has 20 heavy (non-hydrogen) atoms. The highest BCUT2D eigenvalue weighted by atomic mass is 35.5. The number of halogens is 2. The van der Waals surface area contributed by atoms with E-state index in [0.29, 0.717) is 12.2 Å². The summed E-state index contributed by atoms with van der Waals surface area (Å²) < 4.78 is 18.1. The molecule has 0 aromatic heterocycles. The van der Waals surface area contributed by atoms with E-state index < -0.39 is 11.9 Å². The van der Waals surface area contributed by atoms with Gasteiger partial charge in [-0.25, -0.2) is 4.39 Å². The van der Waals surface area contributed by atoms with Gasteiger partial charge in [-0.05, 0) is 35.2 Å². The molecule has 0 aliphatic carbocycles. The maximum absolute atomic E-state index is 13.1. The Hall–Kier alpha value is -1.42. The van der Waals surface area contributed by atoms with E-state index in [-0.39, 0.29) is 5.02 Å². The standard InChI is InChI=1S/C16H16ClFO2/c1-20-9-8-11-2-4-12(5-3-11)16(19)13-6-7-15(18)14(17)10-13/h2-7,10,16,19H,8-9H2,1H3. The zero-order valence-electron chi connectivity index (χ0n) is 11.1. The van der Waals surface area contributed by atoms with Gasteiger partial charge in [0.25, 0.3) is 0 Å². The summed E-state index contributed by atoms with van der Waals surface area (Å²) >= 11 is 5.73. The lowest BCUT2D eigenvalue weighted by Gasteiger charge is -2.12. The predicted octanol–water partition coefficient (Wildman–Crippen LogP) is 3.75. The summed E-state index contributed by atoms with van der Waals surface area (Å²) in [4.78, 5) is 0. The first-order chi connectivity index (χ1) is 9.61. The Kier molecular flexibility index (Phi) is 5.12. The molecule has 1 N–H and O–H groups in total. The van der Waals surface area contributed by atoms with E-state index >= 15 is 0 Å². The number of hydrogen-bond donors (Lipinski definition) is 1. The van der Waals surface area contributed by atoms with Gasteiger partial charge in [0.1, 0.15) is 11.9 Å². The van der Waals surface area contributed by atoms with Gasteiger partial charge in [0.15, 0.2) is 0 Å². The Morgan fingerprint density at radius 3 is 2.40 bits per heavy atom. The fourth-order valence-electron chi connectivity index (χ4n) is 1.96. The molecule has 2 aromatic carbocycles. The Balaban J connectivity index is 2.15. The number of ether oxygens (including phenoxy) is 1. The predicted molar refractivity (Wildman–Crippen MR) is 77.5 cm³/mol. The van der Waals surface area contributed by atoms with Gasteiger partial charge in [-0.1, -0.05) is 41.9 Å². The van der Waals surface area contributed by atoms with Crippen LogP contribution in [0.15, 0.2) is 42.5 Å². The van der Waals surface area contributed by atoms with Crippen LogP contribution < -0.4 is 0 Å². The van der Waals surface area contributed by atoms with Crippen molar-refractivity contribution in [3.63, 3.8) is 0 Å². The summed E-state index contributed by atoms with van der Waals surface area (Å²) in [6.45, 7) is 0.662. The van der Waals surface area contributed by atoms with Crippen molar-refractivity contribution in [3.8, 4) is 0 Å². The van der Waals surface area contributed by atoms with Crippen molar-refractivity contribution in [2.45, 2.75) is 12.5 Å². The summed E-state index contributed by atoms with van der Waals surface area (Å²) in [5.74, 6) is -0.488. The zero-order chi connectivity index (χ0) is 14.5. The van der Waals surface area contributed by atoms with Crippen molar-refractivity contribution >= 4 is 11.6 Å². The van der Waals surface area contributed by atoms with Gasteiger partial charge in [0, 0.05) is 7.11 Å². The molecule has 0 saturated heterocycles. The van der Waals surface area contributed by atoms with Gasteiger partial charge in [-0.3, -0.25) is 0 Å². The van der Waals surface area contributed by atoms with Crippen molar-refractivity contribution in [2.75, 3.05) is 13.7 Å². The summed E-state index contributed by atoms with van der Waals surface area (Å²) in [5.41, 5.74) is 2.45. The SMILES string of the molecule is COCCc1ccc(C(O)c2ccc(F)c(Cl)c2)cc1. The second-order valence-electron chi connectivity index (χ2n) is 4.56. The molecule has 4 heteroatoms. The Morgan fingerprint density at radius 2 is 1.80 bits per heavy atom. The molecular weight excluding hydrogens is 279 g/mol. The monoisotopic (exact) mass is 294 g/mol. The average Bonchev–Trinajstić information content (AvgIpc) is 2.48. The first-order valence-electron chi connectivity index (χ1n) is 6.32. The van der Waals surface area contributed by atoms with Crippen LogP contribution in [0.5, 0.6) is 0 Å². The zero-order valence-corrected chi connectivity index (χ0v) is 11.9. The van der Waals surface area contributed by atoms with E-state index in [4.69, 9.17) is 16.3 Å². The van der Waals surface area contributed by atoms with Crippen molar-refractivity contribution in [2.24, 2.45) is 0 Å². The van der Waals surface area contributed by atoms with Gasteiger partial charge < -0.3 is 9.84 Å². The van der Waals surface area contributed by atoms with Crippen LogP contribution in [-0.4, -0.2) is 18.8 Å². The number of rotatable bonds is 5. The molecule has 0 spiro atoms. The lowest BCUT2D eigenvalue weighted by Crippen LogP contribution is -2.01. The number of methoxy groups -OCH3 is 1. The normalized spacial score (nSPS) is 12.4. The van der Waals surface area contributed by atoms with Gasteiger partial charge >= 0.3 is 0 Å². The van der Waals surface area contributed by atoms with Crippen LogP contribution in [0.2, 0.25) is 5.02 Å². The van der Waals surface area contributed by atoms with Gasteiger partial charge in [0.05, 0.1) is 11.6 Å². The van der Waals surface area contributed by atoms with Crippen LogP contribution in [0.25, 0.3) is 0 Å². The summed E-state index contributed by atoms with van der Waals surface area (Å²) in [6, 6.07) is 11.8. The average molecular weight is 295 g/mol. The second-order valence-corrected chi connectivity index (χ2v) is 4.97. The fourth-order valence-corrected chi connectivity index (χ4v) is 2.15. The Morgan fingerprint density at radius 1 is 1.15 bits per heavy atom. The Labute approximate surface area is 122 Å². The van der Waals surface area contributed by atoms with Crippen LogP contribution in [0.4, 0.5) is 4.39 Å². The summed E-state index contributed by atoms with van der Waals surface area (Å²) in [5, 5.41) is 10.3. The van der Waals surface area contributed by atoms with E-state index in [2.05, 4.69) is 0 Å². The quantitative estimate of drug-likeness (QED) is 0.910.